The van der Waals surface area contributed by atoms with Gasteiger partial charge in [-0.15, -0.1) is 0 Å². The minimum Gasteiger partial charge on any atom is -0.467 e. The standard InChI is InChI=1S/C37H45ClF2N6O5/c1-36(2,3)51-35(47)46-23-8-9-24(46)18-44(17-23)33-27-15-41-31(26-12-25(50-20-48-4)13-28(38)29(26)21-6-7-21)30(40)32(27)42-34(43-33)49-19-37-10-5-11-45(37)16-22(39)14-37/h12-13,15,21-24H,5-11,14,16-20H2,1-4H3/t22-,23?,24?,37+/m1/s1. The van der Waals surface area contributed by atoms with E-state index in [-0.39, 0.29) is 54.7 Å². The van der Waals surface area contributed by atoms with E-state index in [0.717, 1.165) is 50.6 Å². The lowest BCUT2D eigenvalue weighted by Crippen LogP contribution is -2.57. The number of benzene rings is 1. The van der Waals surface area contributed by atoms with Crippen molar-refractivity contribution in [2.24, 2.45) is 0 Å². The first kappa shape index (κ1) is 34.5. The molecule has 1 aromatic carbocycles. The van der Waals surface area contributed by atoms with Crippen molar-refractivity contribution in [2.75, 3.05) is 51.6 Å². The summed E-state index contributed by atoms with van der Waals surface area (Å²) < 4.78 is 54.6. The molecule has 5 aliphatic rings. The Balaban J connectivity index is 1.19. The van der Waals surface area contributed by atoms with Gasteiger partial charge in [-0.1, -0.05) is 11.6 Å². The van der Waals surface area contributed by atoms with Crippen LogP contribution in [-0.4, -0.2) is 107 Å². The summed E-state index contributed by atoms with van der Waals surface area (Å²) in [7, 11) is 1.53. The van der Waals surface area contributed by atoms with Crippen molar-refractivity contribution >= 4 is 34.4 Å². The largest absolute Gasteiger partial charge is 0.467 e. The second kappa shape index (κ2) is 13.1. The van der Waals surface area contributed by atoms with E-state index in [2.05, 4.69) is 14.8 Å². The zero-order chi connectivity index (χ0) is 35.7. The summed E-state index contributed by atoms with van der Waals surface area (Å²) in [4.78, 5) is 33.6. The molecule has 51 heavy (non-hydrogen) atoms. The number of anilines is 1. The summed E-state index contributed by atoms with van der Waals surface area (Å²) >= 11 is 6.79. The highest BCUT2D eigenvalue weighted by atomic mass is 35.5. The number of amides is 1. The van der Waals surface area contributed by atoms with Crippen molar-refractivity contribution < 1.29 is 32.5 Å². The van der Waals surface area contributed by atoms with E-state index in [1.165, 1.54) is 7.11 Å². The van der Waals surface area contributed by atoms with E-state index < -0.39 is 23.1 Å². The monoisotopic (exact) mass is 726 g/mol. The number of halogens is 3. The number of fused-ring (bicyclic) bond motifs is 4. The van der Waals surface area contributed by atoms with E-state index in [1.54, 1.807) is 18.3 Å². The number of methoxy groups -OCH3 is 1. The predicted octanol–water partition coefficient (Wildman–Crippen LogP) is 6.89. The average Bonchev–Trinajstić information content (AvgIpc) is 3.68. The van der Waals surface area contributed by atoms with Crippen LogP contribution in [0.15, 0.2) is 18.3 Å². The molecule has 0 N–H and O–H groups in total. The van der Waals surface area contributed by atoms with Gasteiger partial charge in [-0.2, -0.15) is 9.97 Å². The van der Waals surface area contributed by atoms with E-state index in [0.29, 0.717) is 53.6 Å². The fraction of sp³-hybridized carbons (Fsp3) is 0.622. The lowest BCUT2D eigenvalue weighted by Gasteiger charge is -2.42. The number of nitrogens with zero attached hydrogens (tertiary/aromatic N) is 6. The minimum atomic E-state index is -0.916. The molecule has 2 bridgehead atoms. The molecule has 1 amide bonds. The van der Waals surface area contributed by atoms with Crippen molar-refractivity contribution in [3.63, 3.8) is 0 Å². The van der Waals surface area contributed by atoms with Crippen LogP contribution in [0.3, 0.4) is 0 Å². The van der Waals surface area contributed by atoms with Crippen molar-refractivity contribution in [3.8, 4) is 23.0 Å². The molecular weight excluding hydrogens is 682 g/mol. The summed E-state index contributed by atoms with van der Waals surface area (Å²) in [6.07, 6.45) is 6.07. The molecule has 1 aliphatic carbocycles. The number of hydrogen-bond donors (Lipinski definition) is 0. The van der Waals surface area contributed by atoms with Crippen LogP contribution in [0.25, 0.3) is 22.2 Å². The van der Waals surface area contributed by atoms with Gasteiger partial charge >= 0.3 is 12.1 Å². The number of rotatable bonds is 9. The summed E-state index contributed by atoms with van der Waals surface area (Å²) in [5, 5.41) is 0.918. The fourth-order valence-corrected chi connectivity index (χ4v) is 9.00. The molecular formula is C37H45ClF2N6O5. The molecule has 2 aromatic heterocycles. The van der Waals surface area contributed by atoms with Gasteiger partial charge in [-0.3, -0.25) is 14.8 Å². The third-order valence-corrected chi connectivity index (χ3v) is 11.3. The molecule has 14 heteroatoms. The Morgan fingerprint density at radius 1 is 1.08 bits per heavy atom. The van der Waals surface area contributed by atoms with Crippen LogP contribution in [0.4, 0.5) is 19.4 Å². The summed E-state index contributed by atoms with van der Waals surface area (Å²) in [6.45, 7) is 7.97. The zero-order valence-electron chi connectivity index (χ0n) is 29.6. The molecule has 4 aliphatic heterocycles. The van der Waals surface area contributed by atoms with Crippen LogP contribution in [-0.2, 0) is 9.47 Å². The van der Waals surface area contributed by atoms with Gasteiger partial charge in [0, 0.05) is 49.9 Å². The smallest absolute Gasteiger partial charge is 0.410 e. The quantitative estimate of drug-likeness (QED) is 0.217. The van der Waals surface area contributed by atoms with Crippen molar-refractivity contribution in [2.45, 2.75) is 101 Å². The van der Waals surface area contributed by atoms with Gasteiger partial charge in [0.15, 0.2) is 12.6 Å². The minimum absolute atomic E-state index is 0.00864. The van der Waals surface area contributed by atoms with Gasteiger partial charge in [0.25, 0.3) is 0 Å². The van der Waals surface area contributed by atoms with Crippen molar-refractivity contribution in [1.82, 2.24) is 24.8 Å². The molecule has 6 heterocycles. The van der Waals surface area contributed by atoms with Gasteiger partial charge < -0.3 is 23.8 Å². The Morgan fingerprint density at radius 3 is 2.55 bits per heavy atom. The second-order valence-corrected chi connectivity index (χ2v) is 16.2. The molecule has 274 valence electrons. The second-order valence-electron chi connectivity index (χ2n) is 15.7. The molecule has 0 spiro atoms. The molecule has 4 atom stereocenters. The van der Waals surface area contributed by atoms with Crippen LogP contribution >= 0.6 is 11.6 Å². The number of hydrogen-bond acceptors (Lipinski definition) is 10. The fourth-order valence-electron chi connectivity index (χ4n) is 8.64. The van der Waals surface area contributed by atoms with Crippen LogP contribution in [0, 0.1) is 5.82 Å². The third-order valence-electron chi connectivity index (χ3n) is 10.9. The number of carbonyl (C=O) groups excluding carboxylic acids is 1. The highest BCUT2D eigenvalue weighted by Crippen LogP contribution is 2.50. The molecule has 0 radical (unpaired) electrons. The molecule has 11 nitrogen and oxygen atoms in total. The Bertz CT molecular complexity index is 1830. The number of carbonyl (C=O) groups is 1. The first-order valence-electron chi connectivity index (χ1n) is 18.0. The first-order valence-corrected chi connectivity index (χ1v) is 18.4. The summed E-state index contributed by atoms with van der Waals surface area (Å²) in [5.74, 6) is 0.499. The number of aromatic nitrogens is 3. The number of piperazine rings is 1. The van der Waals surface area contributed by atoms with Crippen molar-refractivity contribution in [3.05, 3.63) is 34.7 Å². The van der Waals surface area contributed by atoms with Gasteiger partial charge in [0.05, 0.1) is 23.0 Å². The summed E-state index contributed by atoms with van der Waals surface area (Å²) in [5.41, 5.74) is 0.502. The van der Waals surface area contributed by atoms with Crippen LogP contribution < -0.4 is 14.4 Å². The van der Waals surface area contributed by atoms with Crippen LogP contribution in [0.2, 0.25) is 5.02 Å². The first-order chi connectivity index (χ1) is 24.4. The Labute approximate surface area is 301 Å². The lowest BCUT2D eigenvalue weighted by molar-refractivity contribution is 0.0122. The maximum atomic E-state index is 17.1. The van der Waals surface area contributed by atoms with Gasteiger partial charge in [0.2, 0.25) is 0 Å². The Morgan fingerprint density at radius 2 is 1.84 bits per heavy atom. The molecule has 5 fully saturated rings. The van der Waals surface area contributed by atoms with Crippen LogP contribution in [0.5, 0.6) is 11.8 Å². The number of alkyl halides is 1. The third kappa shape index (κ3) is 6.54. The lowest BCUT2D eigenvalue weighted by atomic mass is 9.95. The van der Waals surface area contributed by atoms with E-state index >= 15 is 4.39 Å². The topological polar surface area (TPSA) is 102 Å². The van der Waals surface area contributed by atoms with Gasteiger partial charge in [0.1, 0.15) is 41.2 Å². The van der Waals surface area contributed by atoms with Gasteiger partial charge in [-0.25, -0.2) is 13.6 Å². The predicted molar refractivity (Wildman–Crippen MR) is 188 cm³/mol. The summed E-state index contributed by atoms with van der Waals surface area (Å²) in [6, 6.07) is 3.30. The number of pyridine rings is 1. The maximum absolute atomic E-state index is 17.1. The van der Waals surface area contributed by atoms with Crippen LogP contribution in [0.1, 0.15) is 77.2 Å². The molecule has 1 saturated carbocycles. The zero-order valence-corrected chi connectivity index (χ0v) is 30.3. The van der Waals surface area contributed by atoms with Crippen molar-refractivity contribution in [1.29, 1.82) is 0 Å². The normalized spacial score (nSPS) is 26.2. The molecule has 2 unspecified atom stereocenters. The van der Waals surface area contributed by atoms with E-state index in [9.17, 15) is 9.18 Å². The highest BCUT2D eigenvalue weighted by Gasteiger charge is 2.50. The molecule has 4 saturated heterocycles. The average molecular weight is 727 g/mol. The van der Waals surface area contributed by atoms with Gasteiger partial charge in [-0.05, 0) is 89.5 Å². The molecule has 8 rings (SSSR count). The number of ether oxygens (including phenoxy) is 4. The highest BCUT2D eigenvalue weighted by molar-refractivity contribution is 6.32. The molecule has 3 aromatic rings. The van der Waals surface area contributed by atoms with E-state index in [4.69, 9.17) is 40.5 Å². The maximum Gasteiger partial charge on any atom is 0.410 e. The van der Waals surface area contributed by atoms with E-state index in [1.807, 2.05) is 25.7 Å². The SMILES string of the molecule is COCOc1cc(Cl)c(C2CC2)c(-c2ncc3c(N4CC5CCC(C4)N5C(=O)OC(C)(C)C)nc(OC[C@@]45CCCN4C[C@H](F)C5)nc3c2F)c1. The Kier molecular flexibility index (Phi) is 8.90. The Hall–Kier alpha value is -3.55.